The van der Waals surface area contributed by atoms with Crippen molar-refractivity contribution in [2.24, 2.45) is 0 Å². The Hall–Kier alpha value is -2.04. The van der Waals surface area contributed by atoms with E-state index >= 15 is 0 Å². The number of hydrogen-bond acceptors (Lipinski definition) is 3. The topological polar surface area (TPSA) is 75.6 Å². The third-order valence-corrected chi connectivity index (χ3v) is 2.87. The van der Waals surface area contributed by atoms with Crippen molar-refractivity contribution >= 4 is 12.1 Å². The minimum absolute atomic E-state index is 0.0404. The molecule has 20 heavy (non-hydrogen) atoms. The Kier molecular flexibility index (Phi) is 4.76. The molecule has 0 radical (unpaired) electrons. The maximum absolute atomic E-state index is 11.6. The van der Waals surface area contributed by atoms with Gasteiger partial charge in [-0.1, -0.05) is 30.3 Å². The molecule has 0 aliphatic heterocycles. The van der Waals surface area contributed by atoms with E-state index in [1.807, 2.05) is 6.07 Å². The van der Waals surface area contributed by atoms with E-state index in [0.717, 1.165) is 0 Å². The second-order valence-electron chi connectivity index (χ2n) is 5.86. The van der Waals surface area contributed by atoms with Crippen molar-refractivity contribution in [1.82, 2.24) is 5.32 Å². The minimum Gasteiger partial charge on any atom is -0.481 e. The van der Waals surface area contributed by atoms with Gasteiger partial charge in [0.05, 0.1) is 0 Å². The van der Waals surface area contributed by atoms with E-state index in [1.54, 1.807) is 52.0 Å². The van der Waals surface area contributed by atoms with Gasteiger partial charge in [0.1, 0.15) is 11.0 Å². The summed E-state index contributed by atoms with van der Waals surface area (Å²) in [7, 11) is 0. The molecule has 5 heteroatoms. The van der Waals surface area contributed by atoms with Crippen LogP contribution in [0.1, 0.15) is 33.3 Å². The molecule has 1 rings (SSSR count). The molecule has 2 N–H and O–H groups in total. The van der Waals surface area contributed by atoms with Crippen molar-refractivity contribution in [3.63, 3.8) is 0 Å². The Balaban J connectivity index is 2.80. The molecule has 1 aromatic rings. The fraction of sp³-hybridized carbons (Fsp3) is 0.467. The third-order valence-electron chi connectivity index (χ3n) is 2.87. The van der Waals surface area contributed by atoms with Gasteiger partial charge in [-0.3, -0.25) is 4.79 Å². The number of hydrogen-bond donors (Lipinski definition) is 2. The number of carbonyl (C=O) groups is 2. The van der Waals surface area contributed by atoms with E-state index in [1.165, 1.54) is 0 Å². The van der Waals surface area contributed by atoms with Gasteiger partial charge >= 0.3 is 12.1 Å². The molecule has 1 amide bonds. The summed E-state index contributed by atoms with van der Waals surface area (Å²) in [5.74, 6) is -1.00. The number of carboxylic acids is 1. The second-order valence-corrected chi connectivity index (χ2v) is 5.86. The molecule has 1 aromatic carbocycles. The highest BCUT2D eigenvalue weighted by Gasteiger charge is 2.36. The lowest BCUT2D eigenvalue weighted by molar-refractivity contribution is -0.143. The van der Waals surface area contributed by atoms with Crippen LogP contribution in [0.5, 0.6) is 0 Å². The molecule has 110 valence electrons. The normalized spacial score (nSPS) is 14.2. The first kappa shape index (κ1) is 16.0. The molecular weight excluding hydrogens is 258 g/mol. The molecule has 5 nitrogen and oxygen atoms in total. The van der Waals surface area contributed by atoms with Crippen LogP contribution in [-0.4, -0.2) is 29.3 Å². The number of benzene rings is 1. The third kappa shape index (κ3) is 4.26. The fourth-order valence-corrected chi connectivity index (χ4v) is 1.67. The largest absolute Gasteiger partial charge is 0.481 e. The zero-order valence-electron chi connectivity index (χ0n) is 12.3. The minimum atomic E-state index is -1.20. The molecular formula is C15H21NO4. The first-order chi connectivity index (χ1) is 9.15. The maximum atomic E-state index is 11.6. The Morgan fingerprint density at radius 3 is 2.15 bits per heavy atom. The van der Waals surface area contributed by atoms with Crippen LogP contribution in [0.25, 0.3) is 0 Å². The van der Waals surface area contributed by atoms with E-state index in [4.69, 9.17) is 4.74 Å². The van der Waals surface area contributed by atoms with Crippen molar-refractivity contribution in [1.29, 1.82) is 0 Å². The molecule has 0 saturated carbocycles. The predicted molar refractivity (Wildman–Crippen MR) is 75.7 cm³/mol. The molecule has 1 unspecified atom stereocenters. The maximum Gasteiger partial charge on any atom is 0.407 e. The van der Waals surface area contributed by atoms with Crippen molar-refractivity contribution in [2.75, 3.05) is 6.54 Å². The van der Waals surface area contributed by atoms with Crippen molar-refractivity contribution in [3.8, 4) is 0 Å². The number of aliphatic carboxylic acids is 1. The number of carbonyl (C=O) groups excluding carboxylic acids is 1. The zero-order valence-corrected chi connectivity index (χ0v) is 12.3. The van der Waals surface area contributed by atoms with E-state index in [9.17, 15) is 14.7 Å². The highest BCUT2D eigenvalue weighted by molar-refractivity contribution is 5.82. The van der Waals surface area contributed by atoms with E-state index in [2.05, 4.69) is 5.32 Å². The first-order valence-electron chi connectivity index (χ1n) is 6.41. The van der Waals surface area contributed by atoms with Gasteiger partial charge in [-0.2, -0.15) is 0 Å². The summed E-state index contributed by atoms with van der Waals surface area (Å²) >= 11 is 0. The molecule has 1 atom stereocenters. The molecule has 0 aromatic heterocycles. The van der Waals surface area contributed by atoms with Gasteiger partial charge in [0.15, 0.2) is 0 Å². The van der Waals surface area contributed by atoms with Crippen LogP contribution in [0.2, 0.25) is 0 Å². The smallest absolute Gasteiger partial charge is 0.407 e. The Bertz CT molecular complexity index is 478. The van der Waals surface area contributed by atoms with Crippen LogP contribution in [0.4, 0.5) is 4.79 Å². The molecule has 0 saturated heterocycles. The summed E-state index contributed by atoms with van der Waals surface area (Å²) < 4.78 is 5.11. The van der Waals surface area contributed by atoms with Gasteiger partial charge in [0.25, 0.3) is 0 Å². The molecule has 0 heterocycles. The van der Waals surface area contributed by atoms with Crippen LogP contribution in [0.3, 0.4) is 0 Å². The molecule has 0 spiro atoms. The van der Waals surface area contributed by atoms with Crippen LogP contribution < -0.4 is 5.32 Å². The quantitative estimate of drug-likeness (QED) is 0.888. The summed E-state index contributed by atoms with van der Waals surface area (Å²) in [4.78, 5) is 23.2. The van der Waals surface area contributed by atoms with Gasteiger partial charge in [-0.15, -0.1) is 0 Å². The van der Waals surface area contributed by atoms with Crippen LogP contribution in [-0.2, 0) is 14.9 Å². The molecule has 0 bridgehead atoms. The number of amides is 1. The average Bonchev–Trinajstić information content (AvgIpc) is 2.34. The van der Waals surface area contributed by atoms with E-state index in [0.29, 0.717) is 5.56 Å². The highest BCUT2D eigenvalue weighted by Crippen LogP contribution is 2.23. The Morgan fingerprint density at radius 2 is 1.70 bits per heavy atom. The lowest BCUT2D eigenvalue weighted by Crippen LogP contribution is -2.45. The Labute approximate surface area is 118 Å². The SMILES string of the molecule is CC(C)(C)OC(=O)NCC(C)(C(=O)O)c1ccccc1. The van der Waals surface area contributed by atoms with E-state index in [-0.39, 0.29) is 6.54 Å². The zero-order chi connectivity index (χ0) is 15.4. The number of ether oxygens (including phenoxy) is 1. The van der Waals surface area contributed by atoms with Gasteiger partial charge in [-0.25, -0.2) is 4.79 Å². The van der Waals surface area contributed by atoms with Crippen LogP contribution >= 0.6 is 0 Å². The van der Waals surface area contributed by atoms with E-state index < -0.39 is 23.1 Å². The summed E-state index contributed by atoms with van der Waals surface area (Å²) in [6.45, 7) is 6.78. The predicted octanol–water partition coefficient (Wildman–Crippen LogP) is 2.55. The lowest BCUT2D eigenvalue weighted by atomic mass is 9.82. The number of nitrogens with one attached hydrogen (secondary N) is 1. The highest BCUT2D eigenvalue weighted by atomic mass is 16.6. The molecule has 0 aliphatic rings. The van der Waals surface area contributed by atoms with Crippen molar-refractivity contribution in [2.45, 2.75) is 38.7 Å². The summed E-state index contributed by atoms with van der Waals surface area (Å²) in [5.41, 5.74) is -1.18. The van der Waals surface area contributed by atoms with Crippen molar-refractivity contribution in [3.05, 3.63) is 35.9 Å². The van der Waals surface area contributed by atoms with Crippen LogP contribution in [0, 0.1) is 0 Å². The monoisotopic (exact) mass is 279 g/mol. The first-order valence-corrected chi connectivity index (χ1v) is 6.41. The fourth-order valence-electron chi connectivity index (χ4n) is 1.67. The van der Waals surface area contributed by atoms with Crippen molar-refractivity contribution < 1.29 is 19.4 Å². The average molecular weight is 279 g/mol. The van der Waals surface area contributed by atoms with Crippen LogP contribution in [0.15, 0.2) is 30.3 Å². The van der Waals surface area contributed by atoms with Gasteiger partial charge in [0.2, 0.25) is 0 Å². The summed E-state index contributed by atoms with van der Waals surface area (Å²) in [6, 6.07) is 8.80. The molecule has 0 aliphatic carbocycles. The summed E-state index contributed by atoms with van der Waals surface area (Å²) in [5, 5.41) is 12.0. The van der Waals surface area contributed by atoms with Gasteiger partial charge in [-0.05, 0) is 33.3 Å². The Morgan fingerprint density at radius 1 is 1.15 bits per heavy atom. The lowest BCUT2D eigenvalue weighted by Gasteiger charge is -2.27. The number of rotatable bonds is 4. The summed E-state index contributed by atoms with van der Waals surface area (Å²) in [6.07, 6.45) is -0.624. The number of alkyl carbamates (subject to hydrolysis) is 1. The second kappa shape index (κ2) is 5.94. The van der Waals surface area contributed by atoms with Gasteiger partial charge < -0.3 is 15.2 Å². The standard InChI is InChI=1S/C15H21NO4/c1-14(2,3)20-13(19)16-10-15(4,12(17)18)11-8-6-5-7-9-11/h5-9H,10H2,1-4H3,(H,16,19)(H,17,18). The van der Waals surface area contributed by atoms with Gasteiger partial charge in [0, 0.05) is 6.54 Å². The molecule has 0 fully saturated rings. The number of carboxylic acid groups (broad SMARTS) is 1.